The van der Waals surface area contributed by atoms with Gasteiger partial charge in [0.05, 0.1) is 11.7 Å². The molecule has 0 aliphatic carbocycles. The Morgan fingerprint density at radius 2 is 1.74 bits per heavy atom. The number of aromatic carboxylic acids is 1. The van der Waals surface area contributed by atoms with E-state index in [2.05, 4.69) is 0 Å². The van der Waals surface area contributed by atoms with Crippen LogP contribution in [-0.4, -0.2) is 32.5 Å². The van der Waals surface area contributed by atoms with Crippen molar-refractivity contribution < 1.29 is 30.0 Å². The van der Waals surface area contributed by atoms with Crippen molar-refractivity contribution in [1.82, 2.24) is 0 Å². The van der Waals surface area contributed by atoms with E-state index < -0.39 is 29.3 Å². The lowest BCUT2D eigenvalue weighted by Crippen LogP contribution is -2.28. The largest absolute Gasteiger partial charge is 0.507 e. The number of aromatic hydroxyl groups is 2. The van der Waals surface area contributed by atoms with Crippen molar-refractivity contribution in [3.05, 3.63) is 22.3 Å². The number of aliphatic hydroxyl groups is 1. The summed E-state index contributed by atoms with van der Waals surface area (Å²) < 4.78 is 5.26. The lowest BCUT2D eigenvalue weighted by molar-refractivity contribution is -0.151. The van der Waals surface area contributed by atoms with Crippen molar-refractivity contribution in [2.75, 3.05) is 0 Å². The third-order valence-electron chi connectivity index (χ3n) is 3.74. The molecule has 0 aromatic heterocycles. The second kappa shape index (κ2) is 4.40. The molecule has 1 aliphatic heterocycles. The molecule has 0 saturated carbocycles. The zero-order valence-corrected chi connectivity index (χ0v) is 10.8. The molecule has 0 radical (unpaired) electrons. The van der Waals surface area contributed by atoms with E-state index in [0.29, 0.717) is 11.1 Å². The van der Waals surface area contributed by atoms with Gasteiger partial charge in [-0.3, -0.25) is 0 Å². The molecule has 0 bridgehead atoms. The van der Waals surface area contributed by atoms with Crippen LogP contribution in [0.4, 0.5) is 0 Å². The Kier molecular flexibility index (Phi) is 3.15. The summed E-state index contributed by atoms with van der Waals surface area (Å²) in [6.07, 6.45) is -1.71. The van der Waals surface area contributed by atoms with Crippen molar-refractivity contribution in [1.29, 1.82) is 0 Å². The average molecular weight is 268 g/mol. The van der Waals surface area contributed by atoms with Crippen LogP contribution in [0.25, 0.3) is 0 Å². The minimum Gasteiger partial charge on any atom is -0.507 e. The molecule has 1 heterocycles. The molecule has 0 saturated heterocycles. The van der Waals surface area contributed by atoms with Gasteiger partial charge in [0.2, 0.25) is 0 Å². The molecule has 0 unspecified atom stereocenters. The van der Waals surface area contributed by atoms with Gasteiger partial charge < -0.3 is 25.2 Å². The first-order chi connectivity index (χ1) is 8.77. The minimum atomic E-state index is -1.46. The van der Waals surface area contributed by atoms with Crippen molar-refractivity contribution in [2.45, 2.75) is 39.1 Å². The Bertz CT molecular complexity index is 551. The Morgan fingerprint density at radius 3 is 2.26 bits per heavy atom. The first-order valence-corrected chi connectivity index (χ1v) is 5.92. The smallest absolute Gasteiger partial charge is 0.343 e. The number of ether oxygens (including phenoxy) is 1. The first-order valence-electron chi connectivity index (χ1n) is 5.92. The van der Waals surface area contributed by atoms with Gasteiger partial charge in [-0.05, 0) is 25.0 Å². The number of hydrogen-bond donors (Lipinski definition) is 4. The van der Waals surface area contributed by atoms with Crippen molar-refractivity contribution in [3.63, 3.8) is 0 Å². The molecule has 104 valence electrons. The molecule has 1 aliphatic rings. The van der Waals surface area contributed by atoms with Crippen molar-refractivity contribution in [2.24, 2.45) is 0 Å². The lowest BCUT2D eigenvalue weighted by atomic mass is 9.83. The van der Waals surface area contributed by atoms with Gasteiger partial charge in [-0.25, -0.2) is 4.79 Å². The molecule has 19 heavy (non-hydrogen) atoms. The molecule has 1 aromatic carbocycles. The number of carboxylic acid groups (broad SMARTS) is 1. The zero-order valence-electron chi connectivity index (χ0n) is 10.8. The summed E-state index contributed by atoms with van der Waals surface area (Å²) in [4.78, 5) is 11.1. The summed E-state index contributed by atoms with van der Waals surface area (Å²) in [5, 5.41) is 38.9. The topological polar surface area (TPSA) is 107 Å². The molecular weight excluding hydrogens is 252 g/mol. The highest BCUT2D eigenvalue weighted by molar-refractivity contribution is 5.95. The standard InChI is InChI=1S/C13H16O6/c1-4-6(3)19-13(18)8-7(4)5(2)10(14)9(11(8)15)12(16)17/h4,6,13-15,18H,1-3H3,(H,16,17)/t4-,6-,13+/m1/s1. The van der Waals surface area contributed by atoms with E-state index in [9.17, 15) is 20.1 Å². The molecule has 2 rings (SSSR count). The van der Waals surface area contributed by atoms with Gasteiger partial charge in [0.15, 0.2) is 6.29 Å². The van der Waals surface area contributed by atoms with E-state index >= 15 is 0 Å². The lowest BCUT2D eigenvalue weighted by Gasteiger charge is -2.34. The summed E-state index contributed by atoms with van der Waals surface area (Å²) in [7, 11) is 0. The fourth-order valence-corrected chi connectivity index (χ4v) is 2.55. The van der Waals surface area contributed by atoms with Crippen LogP contribution in [0.3, 0.4) is 0 Å². The number of carbonyl (C=O) groups is 1. The van der Waals surface area contributed by atoms with E-state index in [1.54, 1.807) is 13.8 Å². The Labute approximate surface area is 109 Å². The first kappa shape index (κ1) is 13.6. The molecule has 0 amide bonds. The van der Waals surface area contributed by atoms with Crippen LogP contribution in [0.5, 0.6) is 11.5 Å². The summed E-state index contributed by atoms with van der Waals surface area (Å²) in [6, 6.07) is 0. The SMILES string of the molecule is Cc1c(O)c(C(=O)O)c(O)c2c1[C@H](C)[C@@H](C)O[C@@H]2O. The fourth-order valence-electron chi connectivity index (χ4n) is 2.55. The number of aliphatic hydroxyl groups excluding tert-OH is 1. The summed E-state index contributed by atoms with van der Waals surface area (Å²) in [6.45, 7) is 5.14. The molecule has 1 aromatic rings. The maximum absolute atomic E-state index is 11.1. The number of carboxylic acids is 1. The Hall–Kier alpha value is -1.79. The van der Waals surface area contributed by atoms with E-state index in [-0.39, 0.29) is 17.6 Å². The molecule has 3 atom stereocenters. The predicted octanol–water partition coefficient (Wildman–Crippen LogP) is 1.62. The van der Waals surface area contributed by atoms with Gasteiger partial charge in [-0.2, -0.15) is 0 Å². The molecule has 0 spiro atoms. The summed E-state index contributed by atoms with van der Waals surface area (Å²) in [5.41, 5.74) is 0.289. The van der Waals surface area contributed by atoms with Gasteiger partial charge in [-0.15, -0.1) is 0 Å². The highest BCUT2D eigenvalue weighted by Crippen LogP contribution is 2.47. The highest BCUT2D eigenvalue weighted by atomic mass is 16.6. The second-order valence-electron chi connectivity index (χ2n) is 4.81. The van der Waals surface area contributed by atoms with Gasteiger partial charge in [0.25, 0.3) is 0 Å². The average Bonchev–Trinajstić information content (AvgIpc) is 2.30. The Morgan fingerprint density at radius 1 is 1.16 bits per heavy atom. The van der Waals surface area contributed by atoms with Crippen LogP contribution < -0.4 is 0 Å². The normalized spacial score (nSPS) is 26.0. The molecule has 4 N–H and O–H groups in total. The predicted molar refractivity (Wildman–Crippen MR) is 65.4 cm³/mol. The molecule has 0 fully saturated rings. The van der Waals surface area contributed by atoms with Crippen LogP contribution in [0.15, 0.2) is 0 Å². The maximum Gasteiger partial charge on any atom is 0.343 e. The highest BCUT2D eigenvalue weighted by Gasteiger charge is 2.37. The number of benzene rings is 1. The summed E-state index contributed by atoms with van der Waals surface area (Å²) in [5.74, 6) is -2.76. The number of rotatable bonds is 1. The van der Waals surface area contributed by atoms with Gasteiger partial charge in [0.1, 0.15) is 17.1 Å². The quantitative estimate of drug-likeness (QED) is 0.616. The molecule has 6 heteroatoms. The van der Waals surface area contributed by atoms with Crippen LogP contribution in [0.1, 0.15) is 53.1 Å². The van der Waals surface area contributed by atoms with Crippen LogP contribution in [0, 0.1) is 6.92 Å². The third-order valence-corrected chi connectivity index (χ3v) is 3.74. The molecular formula is C13H16O6. The van der Waals surface area contributed by atoms with Crippen LogP contribution >= 0.6 is 0 Å². The minimum absolute atomic E-state index is 0.0262. The van der Waals surface area contributed by atoms with Crippen LogP contribution in [0.2, 0.25) is 0 Å². The van der Waals surface area contributed by atoms with Crippen LogP contribution in [-0.2, 0) is 4.74 Å². The number of fused-ring (bicyclic) bond motifs is 1. The van der Waals surface area contributed by atoms with Crippen molar-refractivity contribution >= 4 is 5.97 Å². The van der Waals surface area contributed by atoms with Gasteiger partial charge in [-0.1, -0.05) is 6.92 Å². The Balaban J connectivity index is 2.83. The fraction of sp³-hybridized carbons (Fsp3) is 0.462. The van der Waals surface area contributed by atoms with Gasteiger partial charge >= 0.3 is 5.97 Å². The van der Waals surface area contributed by atoms with E-state index in [1.165, 1.54) is 0 Å². The third kappa shape index (κ3) is 1.84. The maximum atomic E-state index is 11.1. The second-order valence-corrected chi connectivity index (χ2v) is 4.81. The zero-order chi connectivity index (χ0) is 14.5. The van der Waals surface area contributed by atoms with Crippen molar-refractivity contribution in [3.8, 4) is 11.5 Å². The van der Waals surface area contributed by atoms with E-state index in [1.807, 2.05) is 6.92 Å². The van der Waals surface area contributed by atoms with Gasteiger partial charge in [0, 0.05) is 5.92 Å². The number of hydrogen-bond acceptors (Lipinski definition) is 5. The number of phenols is 2. The van der Waals surface area contributed by atoms with E-state index in [0.717, 1.165) is 0 Å². The monoisotopic (exact) mass is 268 g/mol. The summed E-state index contributed by atoms with van der Waals surface area (Å²) >= 11 is 0. The molecule has 6 nitrogen and oxygen atoms in total. The van der Waals surface area contributed by atoms with E-state index in [4.69, 9.17) is 9.84 Å².